The number of amides is 1. The average Bonchev–Trinajstić information content (AvgIpc) is 3.08. The highest BCUT2D eigenvalue weighted by atomic mass is 19.1. The predicted molar refractivity (Wildman–Crippen MR) is 96.7 cm³/mol. The number of halogens is 1. The summed E-state index contributed by atoms with van der Waals surface area (Å²) in [5.41, 5.74) is 3.36. The molecule has 1 amide bonds. The molecule has 0 saturated heterocycles. The summed E-state index contributed by atoms with van der Waals surface area (Å²) in [6.45, 7) is 3.94. The number of rotatable bonds is 4. The van der Waals surface area contributed by atoms with E-state index in [9.17, 15) is 9.18 Å². The summed E-state index contributed by atoms with van der Waals surface area (Å²) in [5, 5.41) is 4.46. The maximum Gasteiger partial charge on any atom is 0.254 e. The van der Waals surface area contributed by atoms with E-state index in [0.29, 0.717) is 37.7 Å². The summed E-state index contributed by atoms with van der Waals surface area (Å²) in [4.78, 5) is 18.5. The zero-order valence-electron chi connectivity index (χ0n) is 14.9. The van der Waals surface area contributed by atoms with E-state index in [-0.39, 0.29) is 11.7 Å². The first-order valence-corrected chi connectivity index (χ1v) is 8.74. The molecule has 7 heteroatoms. The molecule has 0 N–H and O–H groups in total. The molecule has 0 aliphatic carbocycles. The number of benzene rings is 1. The number of nitrogens with zero attached hydrogens (tertiary/aromatic N) is 4. The van der Waals surface area contributed by atoms with Gasteiger partial charge in [-0.05, 0) is 48.9 Å². The van der Waals surface area contributed by atoms with Gasteiger partial charge in [-0.2, -0.15) is 0 Å². The Morgan fingerprint density at radius 2 is 2.00 bits per heavy atom. The van der Waals surface area contributed by atoms with Gasteiger partial charge in [0.1, 0.15) is 12.4 Å². The van der Waals surface area contributed by atoms with Crippen LogP contribution in [-0.4, -0.2) is 32.1 Å². The Hall–Kier alpha value is -3.22. The molecule has 6 nitrogen and oxygen atoms in total. The second-order valence-corrected chi connectivity index (χ2v) is 6.52. The smallest absolute Gasteiger partial charge is 0.254 e. The number of hydrogen-bond acceptors (Lipinski definition) is 4. The summed E-state index contributed by atoms with van der Waals surface area (Å²) in [5.74, 6) is 0.0715. The molecule has 138 valence electrons. The fourth-order valence-corrected chi connectivity index (χ4v) is 3.11. The van der Waals surface area contributed by atoms with Crippen molar-refractivity contribution in [2.75, 3.05) is 6.54 Å². The van der Waals surface area contributed by atoms with Crippen LogP contribution in [-0.2, 0) is 19.7 Å². The lowest BCUT2D eigenvalue weighted by molar-refractivity contribution is 0.0706. The number of pyridine rings is 1. The van der Waals surface area contributed by atoms with Crippen molar-refractivity contribution in [3.8, 4) is 5.88 Å². The van der Waals surface area contributed by atoms with Gasteiger partial charge in [0.25, 0.3) is 5.91 Å². The van der Waals surface area contributed by atoms with Crippen LogP contribution in [0.1, 0.15) is 27.3 Å². The largest absolute Gasteiger partial charge is 0.472 e. The van der Waals surface area contributed by atoms with Crippen molar-refractivity contribution < 1.29 is 13.9 Å². The molecule has 27 heavy (non-hydrogen) atoms. The third kappa shape index (κ3) is 3.81. The van der Waals surface area contributed by atoms with Crippen LogP contribution in [0, 0.1) is 12.7 Å². The standard InChI is InChI=1S/C20H19FN4O2/c1-14-10-15(6-7-22-14)13-27-19-11-18-12-24(8-9-25(18)23-19)20(26)16-2-4-17(21)5-3-16/h2-7,10-11H,8-9,12-13H2,1H3. The minimum absolute atomic E-state index is 0.114. The van der Waals surface area contributed by atoms with E-state index in [1.165, 1.54) is 24.3 Å². The average molecular weight is 366 g/mol. The number of aryl methyl sites for hydroxylation is 1. The third-order valence-electron chi connectivity index (χ3n) is 4.50. The van der Waals surface area contributed by atoms with Crippen molar-refractivity contribution in [2.24, 2.45) is 0 Å². The topological polar surface area (TPSA) is 60.2 Å². The van der Waals surface area contributed by atoms with Gasteiger partial charge in [-0.1, -0.05) is 0 Å². The van der Waals surface area contributed by atoms with Crippen LogP contribution < -0.4 is 4.74 Å². The second kappa shape index (κ2) is 7.19. The lowest BCUT2D eigenvalue weighted by Crippen LogP contribution is -2.38. The van der Waals surface area contributed by atoms with E-state index >= 15 is 0 Å². The molecule has 0 fully saturated rings. The van der Waals surface area contributed by atoms with E-state index in [1.807, 2.05) is 29.8 Å². The van der Waals surface area contributed by atoms with Gasteiger partial charge >= 0.3 is 0 Å². The summed E-state index contributed by atoms with van der Waals surface area (Å²) in [6, 6.07) is 11.4. The van der Waals surface area contributed by atoms with Gasteiger partial charge in [0.05, 0.1) is 18.8 Å². The van der Waals surface area contributed by atoms with E-state index in [2.05, 4.69) is 10.1 Å². The molecule has 0 unspecified atom stereocenters. The molecule has 4 rings (SSSR count). The first-order chi connectivity index (χ1) is 13.1. The van der Waals surface area contributed by atoms with Crippen molar-refractivity contribution in [1.82, 2.24) is 19.7 Å². The maximum atomic E-state index is 13.1. The lowest BCUT2D eigenvalue weighted by Gasteiger charge is -2.27. The molecule has 0 saturated carbocycles. The van der Waals surface area contributed by atoms with E-state index in [1.54, 1.807) is 11.1 Å². The summed E-state index contributed by atoms with van der Waals surface area (Å²) in [7, 11) is 0. The fourth-order valence-electron chi connectivity index (χ4n) is 3.11. The Balaban J connectivity index is 1.42. The van der Waals surface area contributed by atoms with Gasteiger partial charge in [-0.15, -0.1) is 5.10 Å². The van der Waals surface area contributed by atoms with Crippen LogP contribution in [0.25, 0.3) is 0 Å². The zero-order valence-corrected chi connectivity index (χ0v) is 14.9. The molecule has 3 heterocycles. The van der Waals surface area contributed by atoms with Crippen molar-refractivity contribution in [2.45, 2.75) is 26.6 Å². The van der Waals surface area contributed by atoms with Crippen LogP contribution in [0.5, 0.6) is 5.88 Å². The SMILES string of the molecule is Cc1cc(COc2cc3n(n2)CCN(C(=O)c2ccc(F)cc2)C3)ccn1. The minimum atomic E-state index is -0.352. The summed E-state index contributed by atoms with van der Waals surface area (Å²) in [6.07, 6.45) is 1.76. The first kappa shape index (κ1) is 17.2. The molecular weight excluding hydrogens is 347 g/mol. The maximum absolute atomic E-state index is 13.1. The van der Waals surface area contributed by atoms with Gasteiger partial charge in [-0.25, -0.2) is 4.39 Å². The van der Waals surface area contributed by atoms with Crippen molar-refractivity contribution in [3.05, 3.63) is 77.0 Å². The monoisotopic (exact) mass is 366 g/mol. The minimum Gasteiger partial charge on any atom is -0.472 e. The number of aromatic nitrogens is 3. The van der Waals surface area contributed by atoms with Crippen LogP contribution in [0.4, 0.5) is 4.39 Å². The van der Waals surface area contributed by atoms with E-state index in [4.69, 9.17) is 4.74 Å². The molecule has 1 aliphatic heterocycles. The summed E-state index contributed by atoms with van der Waals surface area (Å²) >= 11 is 0. The number of carbonyl (C=O) groups is 1. The Morgan fingerprint density at radius 1 is 1.19 bits per heavy atom. The number of carbonyl (C=O) groups excluding carboxylic acids is 1. The van der Waals surface area contributed by atoms with E-state index < -0.39 is 0 Å². The van der Waals surface area contributed by atoms with Crippen LogP contribution in [0.2, 0.25) is 0 Å². The number of hydrogen-bond donors (Lipinski definition) is 0. The van der Waals surface area contributed by atoms with Gasteiger partial charge in [-0.3, -0.25) is 14.5 Å². The molecule has 0 atom stereocenters. The van der Waals surface area contributed by atoms with Crippen LogP contribution in [0.3, 0.4) is 0 Å². The van der Waals surface area contributed by atoms with E-state index in [0.717, 1.165) is 17.0 Å². The lowest BCUT2D eigenvalue weighted by atomic mass is 10.1. The molecule has 0 radical (unpaired) electrons. The fraction of sp³-hybridized carbons (Fsp3) is 0.250. The second-order valence-electron chi connectivity index (χ2n) is 6.52. The summed E-state index contributed by atoms with van der Waals surface area (Å²) < 4.78 is 20.7. The Labute approximate surface area is 156 Å². The van der Waals surface area contributed by atoms with Gasteiger partial charge < -0.3 is 9.64 Å². The quantitative estimate of drug-likeness (QED) is 0.712. The Bertz CT molecular complexity index is 968. The Kier molecular flexibility index (Phi) is 4.58. The molecular formula is C20H19FN4O2. The molecule has 0 bridgehead atoms. The van der Waals surface area contributed by atoms with Crippen molar-refractivity contribution in [3.63, 3.8) is 0 Å². The highest BCUT2D eigenvalue weighted by Gasteiger charge is 2.23. The number of ether oxygens (including phenoxy) is 1. The highest BCUT2D eigenvalue weighted by molar-refractivity contribution is 5.94. The van der Waals surface area contributed by atoms with Gasteiger partial charge in [0.15, 0.2) is 0 Å². The normalized spacial score (nSPS) is 13.3. The third-order valence-corrected chi connectivity index (χ3v) is 4.50. The van der Waals surface area contributed by atoms with Crippen LogP contribution in [0.15, 0.2) is 48.7 Å². The molecule has 3 aromatic rings. The molecule has 1 aliphatic rings. The van der Waals surface area contributed by atoms with Crippen molar-refractivity contribution >= 4 is 5.91 Å². The highest BCUT2D eigenvalue weighted by Crippen LogP contribution is 2.20. The number of fused-ring (bicyclic) bond motifs is 1. The van der Waals surface area contributed by atoms with Gasteiger partial charge in [0.2, 0.25) is 5.88 Å². The van der Waals surface area contributed by atoms with Crippen LogP contribution >= 0.6 is 0 Å². The molecule has 0 spiro atoms. The molecule has 2 aromatic heterocycles. The van der Waals surface area contributed by atoms with Crippen molar-refractivity contribution in [1.29, 1.82) is 0 Å². The zero-order chi connectivity index (χ0) is 18.8. The molecule has 1 aromatic carbocycles. The first-order valence-electron chi connectivity index (χ1n) is 8.74. The Morgan fingerprint density at radius 3 is 2.78 bits per heavy atom. The van der Waals surface area contributed by atoms with Gasteiger partial charge in [0, 0.05) is 30.1 Å². The predicted octanol–water partition coefficient (Wildman–Crippen LogP) is 2.96.